The molecule has 69 heavy (non-hydrogen) atoms. The molecule has 1 fully saturated rings. The fourth-order valence-electron chi connectivity index (χ4n) is 8.42. The Morgan fingerprint density at radius 2 is 1.51 bits per heavy atom. The van der Waals surface area contributed by atoms with Crippen LogP contribution in [-0.4, -0.2) is 88.4 Å². The molecule has 358 valence electrons. The highest BCUT2D eigenvalue weighted by Gasteiger charge is 2.45. The second kappa shape index (κ2) is 22.9. The number of nitrogens with zero attached hydrogens (tertiary/aromatic N) is 6. The first-order valence-corrected chi connectivity index (χ1v) is 24.8. The average molecular weight is 970 g/mol. The van der Waals surface area contributed by atoms with Crippen molar-refractivity contribution in [1.82, 2.24) is 24.2 Å². The summed E-state index contributed by atoms with van der Waals surface area (Å²) in [7, 11) is 1.58. The number of hydrogen-bond donors (Lipinski definition) is 1. The van der Waals surface area contributed by atoms with Crippen LogP contribution in [0.25, 0.3) is 21.7 Å². The van der Waals surface area contributed by atoms with Gasteiger partial charge in [0.1, 0.15) is 46.4 Å². The topological polar surface area (TPSA) is 164 Å². The molecule has 0 spiro atoms. The predicted molar refractivity (Wildman–Crippen MR) is 266 cm³/mol. The number of ether oxygens (including phenoxy) is 5. The number of amides is 1. The Morgan fingerprint density at radius 1 is 0.870 bits per heavy atom. The summed E-state index contributed by atoms with van der Waals surface area (Å²) in [6, 6.07) is 41.2. The summed E-state index contributed by atoms with van der Waals surface area (Å²) in [5.74, 6) is 1.64. The summed E-state index contributed by atoms with van der Waals surface area (Å²) in [6.45, 7) is 8.42. The lowest BCUT2D eigenvalue weighted by Crippen LogP contribution is -2.39. The Labute approximate surface area is 407 Å². The summed E-state index contributed by atoms with van der Waals surface area (Å²) >= 11 is 1.50. The molecule has 4 heterocycles. The molecule has 4 aromatic carbocycles. The van der Waals surface area contributed by atoms with Crippen LogP contribution < -0.4 is 19.5 Å². The van der Waals surface area contributed by atoms with Crippen LogP contribution in [0.2, 0.25) is 0 Å². The summed E-state index contributed by atoms with van der Waals surface area (Å²) in [5, 5.41) is 14.3. The van der Waals surface area contributed by atoms with Crippen LogP contribution in [0.5, 0.6) is 17.2 Å². The fourth-order valence-corrected chi connectivity index (χ4v) is 10.9. The standard InChI is InChI=1S/C52H56N7O8PS/c1-35(2)59(36(3)4)68(65-29-14-28-53)67-43-31-47(58-34-54-49-48(45-19-13-30-69-45)56-51(57-50(49)58)55-46(60)33-63-42-17-11-8-12-18-42)66-44(43)32-64-52(37-15-9-7-10-16-37,38-20-24-40(61-5)25-21-38)39-22-26-41(62-6)27-23-39/h7-13,15-27,30,34-36,43-44,47H,14,29,31-33H2,1-6H3,(H,55,56,57,60)/t43-,44+,47+,68?/m0/s1. The number of rotatable bonds is 22. The maximum absolute atomic E-state index is 13.3. The number of carbonyl (C=O) groups excluding carboxylic acids is 1. The van der Waals surface area contributed by atoms with E-state index in [0.29, 0.717) is 40.5 Å². The van der Waals surface area contributed by atoms with E-state index in [2.05, 4.69) is 55.9 Å². The maximum Gasteiger partial charge on any atom is 0.264 e. The number of carbonyl (C=O) groups is 1. The Balaban J connectivity index is 1.20. The van der Waals surface area contributed by atoms with Crippen LogP contribution in [0, 0.1) is 11.3 Å². The monoisotopic (exact) mass is 969 g/mol. The van der Waals surface area contributed by atoms with Gasteiger partial charge >= 0.3 is 0 Å². The number of thiophene rings is 1. The van der Waals surface area contributed by atoms with Crippen LogP contribution in [-0.2, 0) is 28.9 Å². The second-order valence-corrected chi connectivity index (χ2v) is 19.1. The Bertz CT molecular complexity index is 2720. The van der Waals surface area contributed by atoms with Crippen molar-refractivity contribution >= 4 is 42.9 Å². The summed E-state index contributed by atoms with van der Waals surface area (Å²) in [6.07, 6.45) is 0.309. The number of hydrogen-bond acceptors (Lipinski definition) is 14. The molecule has 1 saturated heterocycles. The van der Waals surface area contributed by atoms with Crippen molar-refractivity contribution in [3.63, 3.8) is 0 Å². The van der Waals surface area contributed by atoms with Crippen molar-refractivity contribution in [2.45, 2.75) is 76.7 Å². The first-order valence-electron chi connectivity index (χ1n) is 22.8. The number of methoxy groups -OCH3 is 2. The van der Waals surface area contributed by atoms with E-state index in [1.165, 1.54) is 11.3 Å². The Hall–Kier alpha value is -6.28. The van der Waals surface area contributed by atoms with Crippen molar-refractivity contribution in [3.05, 3.63) is 150 Å². The minimum Gasteiger partial charge on any atom is -0.497 e. The highest BCUT2D eigenvalue weighted by Crippen LogP contribution is 2.51. The molecule has 0 radical (unpaired) electrons. The third-order valence-electron chi connectivity index (χ3n) is 11.6. The highest BCUT2D eigenvalue weighted by molar-refractivity contribution is 7.44. The third kappa shape index (κ3) is 11.3. The van der Waals surface area contributed by atoms with Gasteiger partial charge in [-0.3, -0.25) is 14.7 Å². The third-order valence-corrected chi connectivity index (χ3v) is 14.6. The SMILES string of the molecule is COc1ccc(C(OC[C@H]2O[C@@H](n3cnc4c(-c5cccs5)nc(NC(=O)COc5ccccc5)nc43)C[C@@H]2OP(OCCC#N)N(C(C)C)C(C)C)(c2ccccc2)c2ccc(OC)cc2)cc1. The van der Waals surface area contributed by atoms with Crippen LogP contribution in [0.4, 0.5) is 5.95 Å². The first kappa shape index (κ1) is 49.2. The first-order chi connectivity index (χ1) is 33.6. The summed E-state index contributed by atoms with van der Waals surface area (Å²) in [5.41, 5.74) is 3.01. The quantitative estimate of drug-likeness (QED) is 0.0388. The second-order valence-electron chi connectivity index (χ2n) is 16.7. The molecule has 0 saturated carbocycles. The minimum atomic E-state index is -1.70. The fraction of sp³-hybridized carbons (Fsp3) is 0.327. The van der Waals surface area contributed by atoms with Crippen LogP contribution in [0.1, 0.15) is 63.5 Å². The normalized spacial score (nSPS) is 16.5. The molecule has 8 rings (SSSR count). The largest absolute Gasteiger partial charge is 0.497 e. The van der Waals surface area contributed by atoms with E-state index in [9.17, 15) is 10.1 Å². The Morgan fingerprint density at radius 3 is 2.10 bits per heavy atom. The van der Waals surface area contributed by atoms with Crippen molar-refractivity contribution in [3.8, 4) is 33.9 Å². The number of aromatic nitrogens is 4. The number of nitriles is 1. The molecular weight excluding hydrogens is 914 g/mol. The van der Waals surface area contributed by atoms with Gasteiger partial charge in [-0.25, -0.2) is 14.6 Å². The van der Waals surface area contributed by atoms with E-state index < -0.39 is 38.5 Å². The van der Waals surface area contributed by atoms with E-state index in [1.807, 2.05) is 107 Å². The molecule has 3 aromatic heterocycles. The molecule has 15 nitrogen and oxygen atoms in total. The van der Waals surface area contributed by atoms with E-state index in [-0.39, 0.29) is 44.3 Å². The lowest BCUT2D eigenvalue weighted by atomic mass is 9.80. The maximum atomic E-state index is 13.3. The predicted octanol–water partition coefficient (Wildman–Crippen LogP) is 10.5. The van der Waals surface area contributed by atoms with Crippen LogP contribution in [0.3, 0.4) is 0 Å². The van der Waals surface area contributed by atoms with E-state index in [0.717, 1.165) is 21.6 Å². The average Bonchev–Trinajstić information content (AvgIpc) is 4.16. The number of anilines is 1. The molecular formula is C52H56N7O8PS. The van der Waals surface area contributed by atoms with Crippen molar-refractivity contribution in [1.29, 1.82) is 5.26 Å². The van der Waals surface area contributed by atoms with Gasteiger partial charge in [0.15, 0.2) is 12.3 Å². The van der Waals surface area contributed by atoms with Gasteiger partial charge in [0.2, 0.25) is 5.95 Å². The van der Waals surface area contributed by atoms with Crippen LogP contribution >= 0.6 is 19.9 Å². The zero-order chi connectivity index (χ0) is 48.3. The Kier molecular flexibility index (Phi) is 16.3. The number of benzene rings is 4. The van der Waals surface area contributed by atoms with Gasteiger partial charge in [-0.15, -0.1) is 11.3 Å². The van der Waals surface area contributed by atoms with E-state index in [4.69, 9.17) is 47.7 Å². The number of nitrogens with one attached hydrogen (secondary N) is 1. The van der Waals surface area contributed by atoms with Crippen molar-refractivity contribution < 1.29 is 37.5 Å². The molecule has 7 aromatic rings. The van der Waals surface area contributed by atoms with Crippen LogP contribution in [0.15, 0.2) is 133 Å². The molecule has 1 unspecified atom stereocenters. The summed E-state index contributed by atoms with van der Waals surface area (Å²) < 4.78 is 49.2. The van der Waals surface area contributed by atoms with E-state index in [1.54, 1.807) is 32.7 Å². The molecule has 1 amide bonds. The van der Waals surface area contributed by atoms with Gasteiger partial charge in [0.05, 0.1) is 57.2 Å². The lowest BCUT2D eigenvalue weighted by Gasteiger charge is -2.39. The highest BCUT2D eigenvalue weighted by atomic mass is 32.1. The van der Waals surface area contributed by atoms with Gasteiger partial charge in [0.25, 0.3) is 14.4 Å². The molecule has 1 N–H and O–H groups in total. The number of fused-ring (bicyclic) bond motifs is 1. The van der Waals surface area contributed by atoms with Crippen molar-refractivity contribution in [2.75, 3.05) is 39.4 Å². The van der Waals surface area contributed by atoms with Gasteiger partial charge in [0, 0.05) is 18.5 Å². The molecule has 0 bridgehead atoms. The molecule has 1 aliphatic rings. The molecule has 1 aliphatic heterocycles. The molecule has 0 aliphatic carbocycles. The minimum absolute atomic E-state index is 0.0542. The van der Waals surface area contributed by atoms with Gasteiger partial charge in [-0.1, -0.05) is 78.9 Å². The zero-order valence-electron chi connectivity index (χ0n) is 39.4. The lowest BCUT2D eigenvalue weighted by molar-refractivity contribution is -0.118. The molecule has 17 heteroatoms. The number of imidazole rings is 1. The van der Waals surface area contributed by atoms with E-state index >= 15 is 0 Å². The van der Waals surface area contributed by atoms with Crippen molar-refractivity contribution in [2.24, 2.45) is 0 Å². The van der Waals surface area contributed by atoms with Gasteiger partial charge in [-0.2, -0.15) is 10.2 Å². The number of para-hydroxylation sites is 1. The summed E-state index contributed by atoms with van der Waals surface area (Å²) in [4.78, 5) is 28.7. The van der Waals surface area contributed by atoms with Gasteiger partial charge in [-0.05, 0) is 92.2 Å². The smallest absolute Gasteiger partial charge is 0.264 e. The van der Waals surface area contributed by atoms with Gasteiger partial charge < -0.3 is 32.7 Å². The molecule has 4 atom stereocenters. The zero-order valence-corrected chi connectivity index (χ0v) is 41.1.